The van der Waals surface area contributed by atoms with E-state index in [1.165, 1.54) is 21.6 Å². The van der Waals surface area contributed by atoms with Gasteiger partial charge in [0.25, 0.3) is 11.5 Å². The van der Waals surface area contributed by atoms with E-state index >= 15 is 4.39 Å². The Morgan fingerprint density at radius 1 is 0.909 bits per heavy atom. The molecule has 4 aromatic rings. The van der Waals surface area contributed by atoms with Gasteiger partial charge in [-0.2, -0.15) is 0 Å². The first kappa shape index (κ1) is 54.9. The third-order valence-corrected chi connectivity index (χ3v) is 14.3. The van der Waals surface area contributed by atoms with Crippen LogP contribution < -0.4 is 37.5 Å². The highest BCUT2D eigenvalue weighted by Gasteiger charge is 2.46. The van der Waals surface area contributed by atoms with Gasteiger partial charge < -0.3 is 45.7 Å². The van der Waals surface area contributed by atoms with Crippen molar-refractivity contribution in [1.29, 1.82) is 0 Å². The predicted octanol–water partition coefficient (Wildman–Crippen LogP) is -0.300. The molecule has 0 spiro atoms. The zero-order chi connectivity index (χ0) is 55.3. The summed E-state index contributed by atoms with van der Waals surface area (Å²) in [6.45, 7) is 0.545. The molecular formula is C52H57BFN9O14. The summed E-state index contributed by atoms with van der Waals surface area (Å²) in [5, 5.41) is 26.4. The predicted molar refractivity (Wildman–Crippen MR) is 271 cm³/mol. The summed E-state index contributed by atoms with van der Waals surface area (Å²) >= 11 is 0. The Morgan fingerprint density at radius 2 is 1.64 bits per heavy atom. The summed E-state index contributed by atoms with van der Waals surface area (Å²) in [5.74, 6) is -6.61. The van der Waals surface area contributed by atoms with Crippen LogP contribution in [0.25, 0.3) is 22.3 Å². The SMILES string of the molecule is BC1CC(=O)N(CCCCCC(=O)NCC(=O)NCC(=O)N[C@@H](Cc2ccccc2)C(=O)NCC(=O)NC(=O)OCC(=O)N[C@H]2CCc3c(C)c(F)cc4nc5c(c2c34)Cn2c-5cc3c(c2=O)COC(=O)[C@]3(O)CC)C1=O. The van der Waals surface area contributed by atoms with Gasteiger partial charge in [-0.1, -0.05) is 43.7 Å². The van der Waals surface area contributed by atoms with E-state index in [-0.39, 0.29) is 91.8 Å². The summed E-state index contributed by atoms with van der Waals surface area (Å²) < 4.78 is 27.1. The number of aryl methyl sites for hydroxylation is 1. The Morgan fingerprint density at radius 3 is 2.36 bits per heavy atom. The van der Waals surface area contributed by atoms with Gasteiger partial charge in [0.05, 0.1) is 54.7 Å². The van der Waals surface area contributed by atoms with Gasteiger partial charge in [-0.25, -0.2) is 19.0 Å². The molecule has 25 heteroatoms. The molecule has 1 fully saturated rings. The molecule has 3 aliphatic heterocycles. The number of aromatic nitrogens is 2. The zero-order valence-corrected chi connectivity index (χ0v) is 42.6. The third-order valence-electron chi connectivity index (χ3n) is 14.3. The van der Waals surface area contributed by atoms with E-state index < -0.39 is 103 Å². The van der Waals surface area contributed by atoms with Crippen LogP contribution >= 0.6 is 0 Å². The first-order valence-electron chi connectivity index (χ1n) is 25.3. The maximum atomic E-state index is 15.4. The Hall–Kier alpha value is -8.35. The molecule has 5 heterocycles. The highest BCUT2D eigenvalue weighted by atomic mass is 19.1. The van der Waals surface area contributed by atoms with E-state index in [9.17, 15) is 57.8 Å². The molecule has 7 N–H and O–H groups in total. The van der Waals surface area contributed by atoms with E-state index in [0.29, 0.717) is 64.6 Å². The Kier molecular flexibility index (Phi) is 16.6. The molecule has 77 heavy (non-hydrogen) atoms. The summed E-state index contributed by atoms with van der Waals surface area (Å²) in [6, 6.07) is 9.36. The monoisotopic (exact) mass is 1060 g/mol. The molecule has 1 aliphatic carbocycles. The average Bonchev–Trinajstić information content (AvgIpc) is 4.15. The van der Waals surface area contributed by atoms with Crippen molar-refractivity contribution in [2.24, 2.45) is 0 Å². The lowest BCUT2D eigenvalue weighted by molar-refractivity contribution is -0.172. The molecule has 2 aromatic heterocycles. The van der Waals surface area contributed by atoms with Gasteiger partial charge >= 0.3 is 12.1 Å². The molecule has 4 atom stereocenters. The second-order valence-electron chi connectivity index (χ2n) is 19.5. The number of hydrogen-bond acceptors (Lipinski definition) is 15. The number of pyridine rings is 2. The van der Waals surface area contributed by atoms with Crippen LogP contribution in [0.5, 0.6) is 0 Å². The number of alkyl carbamates (subject to hydrolysis) is 1. The summed E-state index contributed by atoms with van der Waals surface area (Å²) in [4.78, 5) is 147. The highest BCUT2D eigenvalue weighted by molar-refractivity contribution is 6.29. The highest BCUT2D eigenvalue weighted by Crippen LogP contribution is 2.46. The van der Waals surface area contributed by atoms with E-state index in [4.69, 9.17) is 14.5 Å². The fourth-order valence-electron chi connectivity index (χ4n) is 10.2. The lowest BCUT2D eigenvalue weighted by Crippen LogP contribution is -2.52. The number of esters is 1. The van der Waals surface area contributed by atoms with Crippen LogP contribution in [0.4, 0.5) is 9.18 Å². The van der Waals surface area contributed by atoms with Crippen molar-refractivity contribution in [3.8, 4) is 11.4 Å². The molecule has 4 aliphatic rings. The van der Waals surface area contributed by atoms with Crippen molar-refractivity contribution in [1.82, 2.24) is 46.4 Å². The number of imide groups is 2. The number of halogens is 1. The fraction of sp³-hybridized carbons (Fsp3) is 0.423. The number of nitrogens with one attached hydrogen (secondary N) is 6. The minimum atomic E-state index is -2.08. The Labute approximate surface area is 440 Å². The van der Waals surface area contributed by atoms with Gasteiger partial charge in [0.2, 0.25) is 41.4 Å². The van der Waals surface area contributed by atoms with Crippen LogP contribution in [0.2, 0.25) is 5.82 Å². The van der Waals surface area contributed by atoms with Gasteiger partial charge in [0.15, 0.2) is 12.2 Å². The van der Waals surface area contributed by atoms with Gasteiger partial charge in [0.1, 0.15) is 26.3 Å². The van der Waals surface area contributed by atoms with Crippen molar-refractivity contribution in [2.75, 3.05) is 32.8 Å². The minimum Gasteiger partial charge on any atom is -0.458 e. The molecule has 1 unspecified atom stereocenters. The second kappa shape index (κ2) is 23.3. The number of cyclic esters (lactones) is 1. The Balaban J connectivity index is 0.814. The van der Waals surface area contributed by atoms with Gasteiger partial charge in [0, 0.05) is 54.2 Å². The van der Waals surface area contributed by atoms with Crippen LogP contribution in [0.15, 0.2) is 47.3 Å². The number of ether oxygens (including phenoxy) is 2. The number of unbranched alkanes of at least 4 members (excludes halogenated alkanes) is 2. The van der Waals surface area contributed by atoms with E-state index in [2.05, 4.69) is 26.6 Å². The van der Waals surface area contributed by atoms with E-state index in [1.54, 1.807) is 52.0 Å². The number of aliphatic hydroxyl groups is 1. The van der Waals surface area contributed by atoms with Crippen LogP contribution in [0.1, 0.15) is 96.9 Å². The standard InChI is InChI=1S/C52H57BFN9O14/c1-3-52(75)31-17-37-46-29(23-63(37)48(71)30(31)24-76-50(52)73)45-34(14-13-28-26(2)33(54)19-35(60-46)44(28)45)58-42(68)25-77-51(74)61-41(67)22-57-47(70)36(16-27-10-6-4-7-11-27)59-40(66)21-56-39(65)20-55-38(64)12-8-5-9-15-62-43(69)18-32(53)49(62)72/h4,6-7,10-11,17,19,32,34,36,75H,3,5,8-9,12-16,18,20-25,53H2,1-2H3,(H,55,64)(H,56,65)(H,57,70)(H,58,68)(H,59,66)(H,61,67,74)/t32?,34-,36-,52-/m0/s1. The van der Waals surface area contributed by atoms with Crippen LogP contribution in [0, 0.1) is 12.7 Å². The molecule has 2 aromatic carbocycles. The van der Waals surface area contributed by atoms with Crippen molar-refractivity contribution in [3.63, 3.8) is 0 Å². The first-order valence-corrected chi connectivity index (χ1v) is 25.3. The van der Waals surface area contributed by atoms with Crippen molar-refractivity contribution in [2.45, 2.75) is 108 Å². The van der Waals surface area contributed by atoms with Gasteiger partial charge in [-0.15, -0.1) is 0 Å². The van der Waals surface area contributed by atoms with Crippen molar-refractivity contribution in [3.05, 3.63) is 97.6 Å². The van der Waals surface area contributed by atoms with E-state index in [1.807, 2.05) is 5.32 Å². The quantitative estimate of drug-likeness (QED) is 0.0228. The molecule has 0 radical (unpaired) electrons. The number of amides is 9. The molecular weight excluding hydrogens is 1000 g/mol. The van der Waals surface area contributed by atoms with Gasteiger partial charge in [-0.05, 0) is 67.3 Å². The number of rotatable bonds is 20. The summed E-state index contributed by atoms with van der Waals surface area (Å²) in [6.07, 6.45) is 1.05. The van der Waals surface area contributed by atoms with Crippen LogP contribution in [0.3, 0.4) is 0 Å². The number of carbonyl (C=O) groups excluding carboxylic acids is 10. The fourth-order valence-corrected chi connectivity index (χ4v) is 10.2. The number of fused-ring (bicyclic) bond motifs is 5. The smallest absolute Gasteiger partial charge is 0.414 e. The molecule has 0 bridgehead atoms. The number of hydrogen-bond donors (Lipinski definition) is 7. The summed E-state index contributed by atoms with van der Waals surface area (Å²) in [7, 11) is 1.70. The number of benzene rings is 2. The topological polar surface area (TPSA) is 320 Å². The molecule has 23 nitrogen and oxygen atoms in total. The minimum absolute atomic E-state index is 0.00587. The first-order chi connectivity index (χ1) is 36.8. The molecule has 404 valence electrons. The number of carbonyl (C=O) groups is 10. The number of nitrogens with zero attached hydrogens (tertiary/aromatic N) is 3. The Bertz CT molecular complexity index is 3190. The summed E-state index contributed by atoms with van der Waals surface area (Å²) in [5.41, 5.74) is 1.24. The molecule has 8 rings (SSSR count). The third kappa shape index (κ3) is 11.9. The van der Waals surface area contributed by atoms with Crippen molar-refractivity contribution >= 4 is 78.1 Å². The zero-order valence-electron chi connectivity index (χ0n) is 42.6. The molecule has 1 saturated heterocycles. The average molecular weight is 1060 g/mol. The van der Waals surface area contributed by atoms with Gasteiger partial charge in [-0.3, -0.25) is 53.4 Å². The van der Waals surface area contributed by atoms with E-state index in [0.717, 1.165) is 0 Å². The maximum absolute atomic E-state index is 15.4. The lowest BCUT2D eigenvalue weighted by Gasteiger charge is -2.31. The van der Waals surface area contributed by atoms with Crippen LogP contribution in [-0.2, 0) is 84.2 Å². The molecule has 0 saturated carbocycles. The van der Waals surface area contributed by atoms with Crippen molar-refractivity contribution < 1.29 is 66.9 Å². The normalized spacial score (nSPS) is 18.3. The maximum Gasteiger partial charge on any atom is 0.414 e. The van der Waals surface area contributed by atoms with Crippen LogP contribution in [-0.4, -0.2) is 126 Å². The second-order valence-corrected chi connectivity index (χ2v) is 19.5. The molecule has 9 amide bonds. The lowest BCUT2D eigenvalue weighted by atomic mass is 9.81. The largest absolute Gasteiger partial charge is 0.458 e. The number of likely N-dealkylation sites (tertiary alicyclic amines) is 1.